The summed E-state index contributed by atoms with van der Waals surface area (Å²) in [5, 5.41) is 4.30. The van der Waals surface area contributed by atoms with Crippen LogP contribution in [0.4, 0.5) is 0 Å². The van der Waals surface area contributed by atoms with Crippen LogP contribution in [0.3, 0.4) is 0 Å². The van der Waals surface area contributed by atoms with Gasteiger partial charge < -0.3 is 4.42 Å². The zero-order valence-corrected chi connectivity index (χ0v) is 20.2. The largest absolute Gasteiger partial charge is 0.456 e. The Hall–Kier alpha value is -4.88. The van der Waals surface area contributed by atoms with E-state index in [1.165, 1.54) is 0 Å². The number of fused-ring (bicyclic) bond motifs is 6. The van der Waals surface area contributed by atoms with Crippen LogP contribution in [-0.4, -0.2) is 0 Å². The standard InChI is InChI=1S/C37H24O/c1-2-14-26-24(11-1)12-9-13-25(26)23-33-27-15-3-5-17-29(27)36(30-18-6-4-16-28(30)33)32-20-10-22-35-37(32)31-19-7-8-21-34(31)38-35/h1-22H,23H2/i3D,4D,5D,6D,15D,16D,17D,18D. The quantitative estimate of drug-likeness (QED) is 0.224. The van der Waals surface area contributed by atoms with E-state index in [4.69, 9.17) is 9.90 Å². The second kappa shape index (κ2) is 8.33. The average molecular weight is 493 g/mol. The number of hydrogen-bond donors (Lipinski definition) is 0. The minimum atomic E-state index is -0.417. The van der Waals surface area contributed by atoms with Gasteiger partial charge in [0.2, 0.25) is 0 Å². The molecule has 7 aromatic carbocycles. The molecule has 1 heterocycles. The third-order valence-electron chi connectivity index (χ3n) is 7.40. The first-order valence-electron chi connectivity index (χ1n) is 16.5. The van der Waals surface area contributed by atoms with Crippen LogP contribution >= 0.6 is 0 Å². The number of benzene rings is 7. The molecule has 1 nitrogen and oxygen atoms in total. The lowest BCUT2D eigenvalue weighted by Crippen LogP contribution is -1.96. The zero-order chi connectivity index (χ0) is 32.0. The summed E-state index contributed by atoms with van der Waals surface area (Å²) < 4.78 is 77.9. The minimum Gasteiger partial charge on any atom is -0.456 e. The summed E-state index contributed by atoms with van der Waals surface area (Å²) in [5.41, 5.74) is 3.37. The van der Waals surface area contributed by atoms with Crippen LogP contribution in [0.2, 0.25) is 0 Å². The highest BCUT2D eigenvalue weighted by molar-refractivity contribution is 6.22. The Kier molecular flexibility index (Phi) is 3.23. The van der Waals surface area contributed by atoms with E-state index >= 15 is 0 Å². The van der Waals surface area contributed by atoms with E-state index in [-0.39, 0.29) is 52.1 Å². The number of para-hydroxylation sites is 1. The van der Waals surface area contributed by atoms with Crippen molar-refractivity contribution in [3.63, 3.8) is 0 Å². The Labute approximate surface area is 231 Å². The maximum Gasteiger partial charge on any atom is 0.136 e. The molecule has 0 saturated heterocycles. The molecule has 178 valence electrons. The summed E-state index contributed by atoms with van der Waals surface area (Å²) in [6, 6.07) is 23.9. The molecule has 0 atom stereocenters. The smallest absolute Gasteiger partial charge is 0.136 e. The molecule has 8 rings (SSSR count). The molecule has 0 unspecified atom stereocenters. The molecule has 1 aromatic heterocycles. The molecular weight excluding hydrogens is 460 g/mol. The van der Waals surface area contributed by atoms with Gasteiger partial charge in [0.1, 0.15) is 11.2 Å². The Bertz CT molecular complexity index is 2520. The van der Waals surface area contributed by atoms with Crippen molar-refractivity contribution < 1.29 is 15.4 Å². The van der Waals surface area contributed by atoms with E-state index in [1.807, 2.05) is 78.9 Å². The summed E-state index contributed by atoms with van der Waals surface area (Å²) >= 11 is 0. The Morgan fingerprint density at radius 1 is 0.526 bits per heavy atom. The normalized spacial score (nSPS) is 14.7. The molecule has 0 aliphatic rings. The lowest BCUT2D eigenvalue weighted by Gasteiger charge is -2.18. The van der Waals surface area contributed by atoms with Crippen molar-refractivity contribution in [3.8, 4) is 11.1 Å². The van der Waals surface area contributed by atoms with E-state index in [0.717, 1.165) is 21.7 Å². The molecule has 0 fully saturated rings. The van der Waals surface area contributed by atoms with Crippen LogP contribution in [0, 0.1) is 0 Å². The Morgan fingerprint density at radius 3 is 1.92 bits per heavy atom. The van der Waals surface area contributed by atoms with Gasteiger partial charge in [-0.05, 0) is 73.1 Å². The molecule has 0 N–H and O–H groups in total. The fourth-order valence-electron chi connectivity index (χ4n) is 5.77. The Morgan fingerprint density at radius 2 is 1.13 bits per heavy atom. The first kappa shape index (κ1) is 14.8. The van der Waals surface area contributed by atoms with E-state index in [1.54, 1.807) is 6.07 Å². The number of hydrogen-bond acceptors (Lipinski definition) is 1. The van der Waals surface area contributed by atoms with Crippen molar-refractivity contribution in [3.05, 3.63) is 144 Å². The average Bonchev–Trinajstić information content (AvgIpc) is 3.46. The van der Waals surface area contributed by atoms with E-state index < -0.39 is 24.2 Å². The molecule has 1 heteroatoms. The predicted octanol–water partition coefficient (Wildman–Crippen LogP) is 10.3. The second-order valence-electron chi connectivity index (χ2n) is 9.45. The number of rotatable bonds is 3. The highest BCUT2D eigenvalue weighted by atomic mass is 16.3. The summed E-state index contributed by atoms with van der Waals surface area (Å²) in [5.74, 6) is 0. The molecule has 0 spiro atoms. The van der Waals surface area contributed by atoms with Crippen LogP contribution in [0.25, 0.3) is 65.4 Å². The maximum atomic E-state index is 9.25. The van der Waals surface area contributed by atoms with Gasteiger partial charge in [-0.2, -0.15) is 0 Å². The molecule has 38 heavy (non-hydrogen) atoms. The van der Waals surface area contributed by atoms with Crippen LogP contribution < -0.4 is 0 Å². The molecule has 0 aliphatic heterocycles. The molecule has 8 aromatic rings. The van der Waals surface area contributed by atoms with Crippen LogP contribution in [0.15, 0.2) is 138 Å². The predicted molar refractivity (Wildman–Crippen MR) is 161 cm³/mol. The van der Waals surface area contributed by atoms with Crippen LogP contribution in [0.5, 0.6) is 0 Å². The zero-order valence-electron chi connectivity index (χ0n) is 28.2. The highest BCUT2D eigenvalue weighted by Crippen LogP contribution is 2.44. The van der Waals surface area contributed by atoms with Crippen molar-refractivity contribution in [1.82, 2.24) is 0 Å². The van der Waals surface area contributed by atoms with Crippen molar-refractivity contribution in [1.29, 1.82) is 0 Å². The Balaban J connectivity index is 1.66. The maximum absolute atomic E-state index is 9.25. The highest BCUT2D eigenvalue weighted by Gasteiger charge is 2.19. The molecular formula is C37H24O. The van der Waals surface area contributed by atoms with Crippen LogP contribution in [-0.2, 0) is 6.42 Å². The van der Waals surface area contributed by atoms with Gasteiger partial charge >= 0.3 is 0 Å². The lowest BCUT2D eigenvalue weighted by atomic mass is 9.85. The molecule has 0 saturated carbocycles. The van der Waals surface area contributed by atoms with Gasteiger partial charge in [0.25, 0.3) is 0 Å². The fourth-order valence-corrected chi connectivity index (χ4v) is 5.77. The van der Waals surface area contributed by atoms with Gasteiger partial charge in [0, 0.05) is 10.8 Å². The van der Waals surface area contributed by atoms with Gasteiger partial charge in [0.05, 0.1) is 11.0 Å². The van der Waals surface area contributed by atoms with Crippen molar-refractivity contribution >= 4 is 54.3 Å². The summed E-state index contributed by atoms with van der Waals surface area (Å²) in [4.78, 5) is 0. The van der Waals surface area contributed by atoms with Gasteiger partial charge in [-0.1, -0.05) is 121 Å². The molecule has 0 amide bonds. The third kappa shape index (κ3) is 3.12. The van der Waals surface area contributed by atoms with Gasteiger partial charge in [0.15, 0.2) is 0 Å². The SMILES string of the molecule is [2H]c1c([2H])c([2H])c2c(-c3cccc4oc5ccccc5c34)c3c([2H])c([2H])c([2H])c([2H])c3c(Cc3cccc4ccccc34)c2c1[2H]. The summed E-state index contributed by atoms with van der Waals surface area (Å²) in [6.45, 7) is 0. The van der Waals surface area contributed by atoms with Gasteiger partial charge in [-0.15, -0.1) is 0 Å². The van der Waals surface area contributed by atoms with Crippen molar-refractivity contribution in [2.45, 2.75) is 6.42 Å². The van der Waals surface area contributed by atoms with Crippen LogP contribution in [0.1, 0.15) is 22.1 Å². The van der Waals surface area contributed by atoms with E-state index in [0.29, 0.717) is 33.2 Å². The summed E-state index contributed by atoms with van der Waals surface area (Å²) in [7, 11) is 0. The number of furan rings is 1. The topological polar surface area (TPSA) is 13.1 Å². The lowest BCUT2D eigenvalue weighted by molar-refractivity contribution is 0.669. The first-order valence-corrected chi connectivity index (χ1v) is 12.5. The molecule has 0 radical (unpaired) electrons. The summed E-state index contributed by atoms with van der Waals surface area (Å²) in [6.07, 6.45) is 0.178. The minimum absolute atomic E-state index is 0.178. The van der Waals surface area contributed by atoms with Gasteiger partial charge in [-0.25, -0.2) is 0 Å². The first-order chi connectivity index (χ1) is 22.2. The molecule has 0 aliphatic carbocycles. The van der Waals surface area contributed by atoms with E-state index in [2.05, 4.69) is 0 Å². The van der Waals surface area contributed by atoms with Crippen molar-refractivity contribution in [2.24, 2.45) is 0 Å². The molecule has 0 bridgehead atoms. The third-order valence-corrected chi connectivity index (χ3v) is 7.40. The van der Waals surface area contributed by atoms with Crippen molar-refractivity contribution in [2.75, 3.05) is 0 Å². The van der Waals surface area contributed by atoms with Gasteiger partial charge in [-0.3, -0.25) is 0 Å². The second-order valence-corrected chi connectivity index (χ2v) is 9.45. The fraction of sp³-hybridized carbons (Fsp3) is 0.0270. The monoisotopic (exact) mass is 492 g/mol. The van der Waals surface area contributed by atoms with E-state index in [9.17, 15) is 5.48 Å².